The van der Waals surface area contributed by atoms with Crippen molar-refractivity contribution in [3.63, 3.8) is 0 Å². The maximum absolute atomic E-state index is 13.7. The fraction of sp³-hybridized carbons (Fsp3) is 0.571. The van der Waals surface area contributed by atoms with E-state index in [1.54, 1.807) is 27.7 Å². The smallest absolute Gasteiger partial charge is 0.413 e. The summed E-state index contributed by atoms with van der Waals surface area (Å²) in [6, 6.07) is 2.31. The molecule has 172 valence electrons. The molecule has 1 aromatic rings. The lowest BCUT2D eigenvalue weighted by molar-refractivity contribution is -0.181. The van der Waals surface area contributed by atoms with Crippen molar-refractivity contribution in [1.82, 2.24) is 4.90 Å². The van der Waals surface area contributed by atoms with Gasteiger partial charge in [-0.3, -0.25) is 9.69 Å². The summed E-state index contributed by atoms with van der Waals surface area (Å²) >= 11 is 0. The average molecular weight is 443 g/mol. The number of carbonyl (C=O) groups excluding carboxylic acids is 2. The van der Waals surface area contributed by atoms with Crippen molar-refractivity contribution >= 4 is 18.0 Å². The number of amides is 1. The molecule has 0 aliphatic carbocycles. The van der Waals surface area contributed by atoms with E-state index in [1.165, 1.54) is 12.1 Å². The Balaban J connectivity index is 2.04. The number of carboxylic acid groups (broad SMARTS) is 1. The number of carbonyl (C=O) groups is 3. The Morgan fingerprint density at radius 1 is 1.16 bits per heavy atom. The zero-order valence-corrected chi connectivity index (χ0v) is 17.8. The number of hydrogen-bond acceptors (Lipinski definition) is 6. The van der Waals surface area contributed by atoms with Gasteiger partial charge in [-0.1, -0.05) is 33.8 Å². The molecule has 31 heavy (non-hydrogen) atoms. The fourth-order valence-electron chi connectivity index (χ4n) is 3.00. The van der Waals surface area contributed by atoms with Crippen molar-refractivity contribution < 1.29 is 42.5 Å². The van der Waals surface area contributed by atoms with Crippen LogP contribution < -0.4 is 4.74 Å². The third-order valence-electron chi connectivity index (χ3n) is 4.76. The van der Waals surface area contributed by atoms with Crippen LogP contribution in [0.4, 0.5) is 13.6 Å². The zero-order chi connectivity index (χ0) is 23.3. The molecule has 0 unspecified atom stereocenters. The summed E-state index contributed by atoms with van der Waals surface area (Å²) in [5.41, 5.74) is 0. The Hall–Kier alpha value is -2.91. The first-order valence-corrected chi connectivity index (χ1v) is 9.98. The van der Waals surface area contributed by atoms with E-state index in [1.807, 2.05) is 0 Å². The molecule has 10 heteroatoms. The molecule has 1 aliphatic rings. The second kappa shape index (κ2) is 10.4. The summed E-state index contributed by atoms with van der Waals surface area (Å²) in [7, 11) is 0. The Kier molecular flexibility index (Phi) is 8.18. The monoisotopic (exact) mass is 443 g/mol. The summed E-state index contributed by atoms with van der Waals surface area (Å²) in [6.07, 6.45) is -2.07. The van der Waals surface area contributed by atoms with Gasteiger partial charge in [0, 0.05) is 18.4 Å². The standard InChI is InChI=1S/C21H27F2NO7/c1-11(2)19(27)30-20(12(3)4)31-21(28)24-9-13(8-15(24)18(25)26)10-29-16-7-5-6-14(22)17(16)23/h5-7,11-13,15,20H,8-10H2,1-4H3,(H,25,26)/t13-,15-,20+/m0/s1. The SMILES string of the molecule is CC(C)C(=O)O[C@H](OC(=O)N1C[C@@H](COc2cccc(F)c2F)C[C@H]1C(=O)O)C(C)C. The Morgan fingerprint density at radius 3 is 2.42 bits per heavy atom. The molecule has 1 aliphatic heterocycles. The Morgan fingerprint density at radius 2 is 1.84 bits per heavy atom. The van der Waals surface area contributed by atoms with Gasteiger partial charge in [0.15, 0.2) is 11.6 Å². The molecule has 1 saturated heterocycles. The number of likely N-dealkylation sites (tertiary alicyclic amines) is 1. The number of nitrogens with zero attached hydrogens (tertiary/aromatic N) is 1. The van der Waals surface area contributed by atoms with Gasteiger partial charge in [0.1, 0.15) is 6.04 Å². The number of carboxylic acids is 1. The van der Waals surface area contributed by atoms with Gasteiger partial charge in [-0.25, -0.2) is 14.0 Å². The first-order chi connectivity index (χ1) is 14.5. The van der Waals surface area contributed by atoms with Gasteiger partial charge < -0.3 is 19.3 Å². The molecule has 0 radical (unpaired) electrons. The summed E-state index contributed by atoms with van der Waals surface area (Å²) in [5.74, 6) is -5.52. The van der Waals surface area contributed by atoms with Crippen LogP contribution in [-0.4, -0.2) is 53.5 Å². The van der Waals surface area contributed by atoms with E-state index in [2.05, 4.69) is 0 Å². The van der Waals surface area contributed by atoms with Gasteiger partial charge in [-0.05, 0) is 18.6 Å². The molecule has 1 aromatic carbocycles. The van der Waals surface area contributed by atoms with Crippen molar-refractivity contribution in [2.75, 3.05) is 13.2 Å². The van der Waals surface area contributed by atoms with Crippen molar-refractivity contribution in [1.29, 1.82) is 0 Å². The van der Waals surface area contributed by atoms with E-state index >= 15 is 0 Å². The molecule has 2 rings (SSSR count). The predicted molar refractivity (Wildman–Crippen MR) is 104 cm³/mol. The highest BCUT2D eigenvalue weighted by Gasteiger charge is 2.42. The van der Waals surface area contributed by atoms with E-state index in [-0.39, 0.29) is 31.2 Å². The van der Waals surface area contributed by atoms with E-state index in [9.17, 15) is 28.3 Å². The molecule has 1 heterocycles. The second-order valence-electron chi connectivity index (χ2n) is 8.06. The lowest BCUT2D eigenvalue weighted by Crippen LogP contribution is -2.43. The van der Waals surface area contributed by atoms with Gasteiger partial charge in [0.2, 0.25) is 5.82 Å². The molecule has 0 bridgehead atoms. The van der Waals surface area contributed by atoms with Crippen LogP contribution in [0.15, 0.2) is 18.2 Å². The lowest BCUT2D eigenvalue weighted by atomic mass is 10.1. The minimum absolute atomic E-state index is 0.0321. The van der Waals surface area contributed by atoms with Crippen LogP contribution in [0.3, 0.4) is 0 Å². The Bertz CT molecular complexity index is 815. The highest BCUT2D eigenvalue weighted by molar-refractivity contribution is 5.81. The van der Waals surface area contributed by atoms with Crippen LogP contribution in [0, 0.1) is 29.4 Å². The van der Waals surface area contributed by atoms with Crippen LogP contribution in [0.25, 0.3) is 0 Å². The van der Waals surface area contributed by atoms with Gasteiger partial charge in [0.25, 0.3) is 6.29 Å². The number of hydrogen-bond donors (Lipinski definition) is 1. The van der Waals surface area contributed by atoms with Crippen LogP contribution >= 0.6 is 0 Å². The number of aliphatic carboxylic acids is 1. The molecule has 0 aromatic heterocycles. The number of halogens is 2. The van der Waals surface area contributed by atoms with Gasteiger partial charge in [0.05, 0.1) is 12.5 Å². The van der Waals surface area contributed by atoms with Crippen LogP contribution in [-0.2, 0) is 19.1 Å². The maximum atomic E-state index is 13.7. The largest absolute Gasteiger partial charge is 0.490 e. The summed E-state index contributed by atoms with van der Waals surface area (Å²) < 4.78 is 42.8. The van der Waals surface area contributed by atoms with Crippen LogP contribution in [0.1, 0.15) is 34.1 Å². The first kappa shape index (κ1) is 24.4. The average Bonchev–Trinajstić information content (AvgIpc) is 3.13. The molecule has 1 amide bonds. The van der Waals surface area contributed by atoms with Crippen molar-refractivity contribution in [2.24, 2.45) is 17.8 Å². The molecular formula is C21H27F2NO7. The second-order valence-corrected chi connectivity index (χ2v) is 8.06. The van der Waals surface area contributed by atoms with Crippen LogP contribution in [0.2, 0.25) is 0 Å². The third kappa shape index (κ3) is 6.28. The van der Waals surface area contributed by atoms with Gasteiger partial charge in [-0.2, -0.15) is 4.39 Å². The lowest BCUT2D eigenvalue weighted by Gasteiger charge is -2.27. The normalized spacial score (nSPS) is 19.4. The number of esters is 1. The van der Waals surface area contributed by atoms with Crippen molar-refractivity contribution in [2.45, 2.75) is 46.4 Å². The van der Waals surface area contributed by atoms with E-state index < -0.39 is 53.8 Å². The summed E-state index contributed by atoms with van der Waals surface area (Å²) in [6.45, 7) is 6.49. The summed E-state index contributed by atoms with van der Waals surface area (Å²) in [5, 5.41) is 9.49. The maximum Gasteiger partial charge on any atom is 0.413 e. The Labute approximate surface area is 179 Å². The predicted octanol–water partition coefficient (Wildman–Crippen LogP) is 3.44. The minimum Gasteiger partial charge on any atom is -0.490 e. The molecule has 3 atom stereocenters. The molecule has 0 spiro atoms. The highest BCUT2D eigenvalue weighted by Crippen LogP contribution is 2.27. The molecular weight excluding hydrogens is 416 g/mol. The first-order valence-electron chi connectivity index (χ1n) is 9.98. The number of rotatable bonds is 8. The van der Waals surface area contributed by atoms with Crippen LogP contribution in [0.5, 0.6) is 5.75 Å². The third-order valence-corrected chi connectivity index (χ3v) is 4.76. The van der Waals surface area contributed by atoms with E-state index in [0.29, 0.717) is 0 Å². The molecule has 1 fully saturated rings. The molecule has 8 nitrogen and oxygen atoms in total. The van der Waals surface area contributed by atoms with E-state index in [0.717, 1.165) is 11.0 Å². The van der Waals surface area contributed by atoms with Gasteiger partial charge in [-0.15, -0.1) is 0 Å². The van der Waals surface area contributed by atoms with Gasteiger partial charge >= 0.3 is 18.0 Å². The topological polar surface area (TPSA) is 102 Å². The fourth-order valence-corrected chi connectivity index (χ4v) is 3.00. The highest BCUT2D eigenvalue weighted by atomic mass is 19.2. The molecule has 0 saturated carbocycles. The quantitative estimate of drug-likeness (QED) is 0.485. The number of ether oxygens (including phenoxy) is 3. The molecule has 1 N–H and O–H groups in total. The van der Waals surface area contributed by atoms with Crippen molar-refractivity contribution in [3.8, 4) is 5.75 Å². The zero-order valence-electron chi connectivity index (χ0n) is 17.8. The van der Waals surface area contributed by atoms with E-state index in [4.69, 9.17) is 14.2 Å². The number of benzene rings is 1. The minimum atomic E-state index is -1.24. The van der Waals surface area contributed by atoms with Crippen molar-refractivity contribution in [3.05, 3.63) is 29.8 Å². The summed E-state index contributed by atoms with van der Waals surface area (Å²) in [4.78, 5) is 37.2.